The van der Waals surface area contributed by atoms with E-state index in [0.717, 1.165) is 17.7 Å². The predicted molar refractivity (Wildman–Crippen MR) is 66.1 cm³/mol. The molecular weight excluding hydrogens is 200 g/mol. The summed E-state index contributed by atoms with van der Waals surface area (Å²) >= 11 is 0. The lowest BCUT2D eigenvalue weighted by atomic mass is 10.1. The van der Waals surface area contributed by atoms with Crippen LogP contribution < -0.4 is 11.1 Å². The average Bonchev–Trinajstić information content (AvgIpc) is 2.80. The zero-order chi connectivity index (χ0) is 11.9. The van der Waals surface area contributed by atoms with Gasteiger partial charge in [-0.05, 0) is 36.5 Å². The minimum absolute atomic E-state index is 0.0838. The van der Waals surface area contributed by atoms with Crippen LogP contribution >= 0.6 is 0 Å². The fourth-order valence-electron chi connectivity index (χ4n) is 1.93. The third-order valence-electron chi connectivity index (χ3n) is 3.29. The molecule has 1 aromatic carbocycles. The molecule has 86 valence electrons. The van der Waals surface area contributed by atoms with E-state index in [-0.39, 0.29) is 17.2 Å². The van der Waals surface area contributed by atoms with Crippen molar-refractivity contribution in [3.63, 3.8) is 0 Å². The standard InChI is InChI=1S/C13H18N2O/c1-8-4-5-11(10(14)6-8)15-12(16)9-7-13(9,2)3/h4-6,9H,7,14H2,1-3H3,(H,15,16). The van der Waals surface area contributed by atoms with Gasteiger partial charge in [-0.1, -0.05) is 19.9 Å². The van der Waals surface area contributed by atoms with Crippen LogP contribution in [0.4, 0.5) is 11.4 Å². The minimum atomic E-state index is 0.0838. The molecule has 1 unspecified atom stereocenters. The van der Waals surface area contributed by atoms with E-state index in [1.807, 2.05) is 25.1 Å². The summed E-state index contributed by atoms with van der Waals surface area (Å²) in [6.07, 6.45) is 0.963. The molecule has 0 aliphatic heterocycles. The van der Waals surface area contributed by atoms with E-state index in [9.17, 15) is 4.79 Å². The molecule has 0 heterocycles. The van der Waals surface area contributed by atoms with Crippen molar-refractivity contribution >= 4 is 17.3 Å². The second-order valence-corrected chi connectivity index (χ2v) is 5.33. The number of carbonyl (C=O) groups excluding carboxylic acids is 1. The highest BCUT2D eigenvalue weighted by Gasteiger charge is 2.50. The Morgan fingerprint density at radius 1 is 1.50 bits per heavy atom. The highest BCUT2D eigenvalue weighted by molar-refractivity contribution is 5.97. The van der Waals surface area contributed by atoms with E-state index in [4.69, 9.17) is 5.73 Å². The number of nitrogen functional groups attached to an aromatic ring is 1. The van der Waals surface area contributed by atoms with Crippen molar-refractivity contribution in [2.45, 2.75) is 27.2 Å². The molecule has 1 fully saturated rings. The third kappa shape index (κ3) is 2.03. The van der Waals surface area contributed by atoms with E-state index < -0.39 is 0 Å². The molecule has 1 amide bonds. The fraction of sp³-hybridized carbons (Fsp3) is 0.462. The average molecular weight is 218 g/mol. The summed E-state index contributed by atoms with van der Waals surface area (Å²) in [7, 11) is 0. The highest BCUT2D eigenvalue weighted by atomic mass is 16.2. The molecular formula is C13H18N2O. The van der Waals surface area contributed by atoms with Gasteiger partial charge in [0, 0.05) is 5.92 Å². The van der Waals surface area contributed by atoms with Gasteiger partial charge in [0.1, 0.15) is 0 Å². The normalized spacial score (nSPS) is 21.6. The van der Waals surface area contributed by atoms with Crippen molar-refractivity contribution in [1.29, 1.82) is 0 Å². The van der Waals surface area contributed by atoms with Crippen LogP contribution in [0.2, 0.25) is 0 Å². The van der Waals surface area contributed by atoms with Crippen LogP contribution in [-0.4, -0.2) is 5.91 Å². The van der Waals surface area contributed by atoms with Crippen LogP contribution in [-0.2, 0) is 4.79 Å². The molecule has 1 saturated carbocycles. The molecule has 0 aromatic heterocycles. The van der Waals surface area contributed by atoms with Crippen molar-refractivity contribution in [3.8, 4) is 0 Å². The Labute approximate surface area is 96.0 Å². The number of nitrogens with two attached hydrogens (primary N) is 1. The Morgan fingerprint density at radius 2 is 2.12 bits per heavy atom. The van der Waals surface area contributed by atoms with Gasteiger partial charge in [-0.2, -0.15) is 0 Å². The lowest BCUT2D eigenvalue weighted by Crippen LogP contribution is -2.17. The van der Waals surface area contributed by atoms with Gasteiger partial charge in [0.25, 0.3) is 0 Å². The molecule has 3 N–H and O–H groups in total. The van der Waals surface area contributed by atoms with Gasteiger partial charge >= 0.3 is 0 Å². The van der Waals surface area contributed by atoms with Gasteiger partial charge < -0.3 is 11.1 Å². The van der Waals surface area contributed by atoms with Gasteiger partial charge in [0.2, 0.25) is 5.91 Å². The van der Waals surface area contributed by atoms with Crippen molar-refractivity contribution in [3.05, 3.63) is 23.8 Å². The number of benzene rings is 1. The molecule has 1 aromatic rings. The first-order valence-electron chi connectivity index (χ1n) is 5.57. The lowest BCUT2D eigenvalue weighted by molar-refractivity contribution is -0.117. The number of aryl methyl sites for hydroxylation is 1. The second-order valence-electron chi connectivity index (χ2n) is 5.33. The van der Waals surface area contributed by atoms with Crippen LogP contribution in [0, 0.1) is 18.3 Å². The Bertz CT molecular complexity index is 438. The summed E-state index contributed by atoms with van der Waals surface area (Å²) in [4.78, 5) is 11.9. The highest BCUT2D eigenvalue weighted by Crippen LogP contribution is 2.52. The third-order valence-corrected chi connectivity index (χ3v) is 3.29. The SMILES string of the molecule is Cc1ccc(NC(=O)C2CC2(C)C)c(N)c1. The predicted octanol–water partition coefficient (Wildman–Crippen LogP) is 2.56. The molecule has 0 bridgehead atoms. The van der Waals surface area contributed by atoms with Crippen molar-refractivity contribution in [2.24, 2.45) is 11.3 Å². The first-order chi connectivity index (χ1) is 7.40. The van der Waals surface area contributed by atoms with E-state index in [2.05, 4.69) is 19.2 Å². The lowest BCUT2D eigenvalue weighted by Gasteiger charge is -2.09. The summed E-state index contributed by atoms with van der Waals surface area (Å²) in [6.45, 7) is 6.19. The molecule has 0 radical (unpaired) electrons. The summed E-state index contributed by atoms with van der Waals surface area (Å²) in [5, 5.41) is 2.89. The first-order valence-corrected chi connectivity index (χ1v) is 5.57. The maximum atomic E-state index is 11.9. The van der Waals surface area contributed by atoms with Gasteiger partial charge in [-0.3, -0.25) is 4.79 Å². The number of anilines is 2. The quantitative estimate of drug-likeness (QED) is 0.749. The Morgan fingerprint density at radius 3 is 2.62 bits per heavy atom. The van der Waals surface area contributed by atoms with E-state index in [1.165, 1.54) is 0 Å². The first kappa shape index (κ1) is 11.0. The van der Waals surface area contributed by atoms with Crippen LogP contribution in [0.15, 0.2) is 18.2 Å². The van der Waals surface area contributed by atoms with Gasteiger partial charge in [0.05, 0.1) is 11.4 Å². The Balaban J connectivity index is 2.07. The monoisotopic (exact) mass is 218 g/mol. The summed E-state index contributed by atoms with van der Waals surface area (Å²) in [5.74, 6) is 0.216. The summed E-state index contributed by atoms with van der Waals surface area (Å²) in [5.41, 5.74) is 8.45. The van der Waals surface area contributed by atoms with Crippen LogP contribution in [0.3, 0.4) is 0 Å². The summed E-state index contributed by atoms with van der Waals surface area (Å²) in [6, 6.07) is 5.68. The zero-order valence-corrected chi connectivity index (χ0v) is 10.0. The summed E-state index contributed by atoms with van der Waals surface area (Å²) < 4.78 is 0. The van der Waals surface area contributed by atoms with E-state index in [0.29, 0.717) is 5.69 Å². The maximum absolute atomic E-state index is 11.9. The molecule has 2 rings (SSSR count). The molecule has 3 heteroatoms. The Kier molecular flexibility index (Phi) is 2.41. The Hall–Kier alpha value is -1.51. The van der Waals surface area contributed by atoms with E-state index >= 15 is 0 Å². The largest absolute Gasteiger partial charge is 0.397 e. The minimum Gasteiger partial charge on any atom is -0.397 e. The molecule has 3 nitrogen and oxygen atoms in total. The van der Waals surface area contributed by atoms with Gasteiger partial charge in [-0.25, -0.2) is 0 Å². The van der Waals surface area contributed by atoms with Gasteiger partial charge in [0.15, 0.2) is 0 Å². The van der Waals surface area contributed by atoms with E-state index in [1.54, 1.807) is 0 Å². The number of hydrogen-bond acceptors (Lipinski definition) is 2. The van der Waals surface area contributed by atoms with Crippen LogP contribution in [0.5, 0.6) is 0 Å². The molecule has 1 aliphatic rings. The number of carbonyl (C=O) groups is 1. The van der Waals surface area contributed by atoms with Crippen molar-refractivity contribution in [2.75, 3.05) is 11.1 Å². The number of rotatable bonds is 2. The molecule has 16 heavy (non-hydrogen) atoms. The second kappa shape index (κ2) is 3.51. The van der Waals surface area contributed by atoms with Gasteiger partial charge in [-0.15, -0.1) is 0 Å². The van der Waals surface area contributed by atoms with Crippen molar-refractivity contribution in [1.82, 2.24) is 0 Å². The van der Waals surface area contributed by atoms with Crippen LogP contribution in [0.25, 0.3) is 0 Å². The fourth-order valence-corrected chi connectivity index (χ4v) is 1.93. The maximum Gasteiger partial charge on any atom is 0.228 e. The smallest absolute Gasteiger partial charge is 0.228 e. The number of hydrogen-bond donors (Lipinski definition) is 2. The molecule has 1 atom stereocenters. The number of amides is 1. The molecule has 1 aliphatic carbocycles. The topological polar surface area (TPSA) is 55.1 Å². The molecule has 0 spiro atoms. The number of nitrogens with one attached hydrogen (secondary N) is 1. The zero-order valence-electron chi connectivity index (χ0n) is 10.0. The van der Waals surface area contributed by atoms with Crippen LogP contribution in [0.1, 0.15) is 25.8 Å². The van der Waals surface area contributed by atoms with Crippen molar-refractivity contribution < 1.29 is 4.79 Å². The molecule has 0 saturated heterocycles.